The van der Waals surface area contributed by atoms with Crippen molar-refractivity contribution >= 4 is 0 Å². The first kappa shape index (κ1) is 13.9. The Bertz CT molecular complexity index is 247. The van der Waals surface area contributed by atoms with Crippen molar-refractivity contribution in [1.29, 1.82) is 0 Å². The third-order valence-corrected chi connectivity index (χ3v) is 3.38. The first-order chi connectivity index (χ1) is 8.78. The molecule has 0 radical (unpaired) electrons. The fraction of sp³-hybridized carbons (Fsp3) is 1.00. The molecule has 0 aliphatic carbocycles. The number of nitrogens with zero attached hydrogens (tertiary/aromatic N) is 1. The Balaban J connectivity index is 1.71. The van der Waals surface area contributed by atoms with E-state index < -0.39 is 0 Å². The van der Waals surface area contributed by atoms with E-state index in [0.717, 1.165) is 19.6 Å². The molecule has 0 spiro atoms. The summed E-state index contributed by atoms with van der Waals surface area (Å²) in [5, 5.41) is 3.03. The molecule has 104 valence electrons. The predicted molar refractivity (Wildman–Crippen MR) is 64.5 cm³/mol. The summed E-state index contributed by atoms with van der Waals surface area (Å²) in [6, 6.07) is 0. The molecule has 2 rings (SSSR count). The second-order valence-corrected chi connectivity index (χ2v) is 5.08. The molecule has 2 atom stereocenters. The van der Waals surface area contributed by atoms with Gasteiger partial charge in [-0.05, 0) is 6.42 Å². The smallest absolute Gasteiger partial charge is 0.104 e. The number of epoxide rings is 2. The fourth-order valence-corrected chi connectivity index (χ4v) is 1.73. The lowest BCUT2D eigenvalue weighted by molar-refractivity contribution is -0.0260. The van der Waals surface area contributed by atoms with Gasteiger partial charge < -0.3 is 18.9 Å². The van der Waals surface area contributed by atoms with Gasteiger partial charge in [-0.1, -0.05) is 12.1 Å². The highest BCUT2D eigenvalue weighted by atomic mass is 16.6. The Hall–Kier alpha value is -0.560. The fourth-order valence-electron chi connectivity index (χ4n) is 1.73. The maximum absolute atomic E-state index is 10.6. The van der Waals surface area contributed by atoms with Crippen LogP contribution >= 0.6 is 0 Å². The maximum atomic E-state index is 10.6. The zero-order valence-electron chi connectivity index (χ0n) is 10.8. The van der Waals surface area contributed by atoms with Crippen LogP contribution in [0.4, 0.5) is 0 Å². The minimum Gasteiger partial charge on any atom is -0.378 e. The van der Waals surface area contributed by atoms with E-state index in [2.05, 4.69) is 5.18 Å². The molecule has 0 aromatic heterocycles. The minimum atomic E-state index is -0.314. The summed E-state index contributed by atoms with van der Waals surface area (Å²) in [5.74, 6) is 0. The second-order valence-electron chi connectivity index (χ2n) is 5.08. The first-order valence-corrected chi connectivity index (χ1v) is 6.46. The summed E-state index contributed by atoms with van der Waals surface area (Å²) in [4.78, 5) is 10.6. The molecule has 0 aromatic rings. The zero-order valence-corrected chi connectivity index (χ0v) is 10.8. The SMILES string of the molecule is CCC(CN=O)(COCC1CO1)COCC1CO1. The summed E-state index contributed by atoms with van der Waals surface area (Å²) in [6.07, 6.45) is 1.28. The van der Waals surface area contributed by atoms with Crippen molar-refractivity contribution in [2.24, 2.45) is 10.6 Å². The van der Waals surface area contributed by atoms with E-state index in [4.69, 9.17) is 18.9 Å². The van der Waals surface area contributed by atoms with Gasteiger partial charge in [-0.15, -0.1) is 0 Å². The van der Waals surface area contributed by atoms with Crippen LogP contribution < -0.4 is 0 Å². The van der Waals surface area contributed by atoms with E-state index >= 15 is 0 Å². The molecule has 2 aliphatic rings. The van der Waals surface area contributed by atoms with E-state index in [0.29, 0.717) is 26.4 Å². The largest absolute Gasteiger partial charge is 0.378 e. The molecule has 0 amide bonds. The number of rotatable bonds is 11. The summed E-state index contributed by atoms with van der Waals surface area (Å²) < 4.78 is 21.4. The average molecular weight is 259 g/mol. The van der Waals surface area contributed by atoms with E-state index in [1.807, 2.05) is 6.92 Å². The van der Waals surface area contributed by atoms with E-state index in [1.165, 1.54) is 0 Å². The van der Waals surface area contributed by atoms with Crippen LogP contribution in [0.15, 0.2) is 5.18 Å². The molecule has 0 aromatic carbocycles. The molecule has 0 N–H and O–H groups in total. The molecule has 0 bridgehead atoms. The molecule has 0 saturated carbocycles. The maximum Gasteiger partial charge on any atom is 0.104 e. The average Bonchev–Trinajstić information content (AvgIpc) is 3.23. The summed E-state index contributed by atoms with van der Waals surface area (Å²) in [5.41, 5.74) is -0.314. The van der Waals surface area contributed by atoms with Crippen molar-refractivity contribution in [2.75, 3.05) is 46.2 Å². The van der Waals surface area contributed by atoms with Gasteiger partial charge in [0.2, 0.25) is 0 Å². The van der Waals surface area contributed by atoms with Gasteiger partial charge in [0.15, 0.2) is 0 Å². The van der Waals surface area contributed by atoms with Crippen molar-refractivity contribution in [1.82, 2.24) is 0 Å². The number of nitroso groups, excluding NO2 is 1. The number of ether oxygens (including phenoxy) is 4. The third-order valence-electron chi connectivity index (χ3n) is 3.38. The molecular formula is C12H21NO5. The normalized spacial score (nSPS) is 28.7. The molecule has 18 heavy (non-hydrogen) atoms. The minimum absolute atomic E-state index is 0.223. The zero-order chi connectivity index (χ0) is 12.8. The lowest BCUT2D eigenvalue weighted by Gasteiger charge is -2.29. The van der Waals surface area contributed by atoms with Crippen LogP contribution in [-0.2, 0) is 18.9 Å². The standard InChI is InChI=1S/C12H21NO5/c1-2-12(7-13-14,8-15-3-10-5-17-10)9-16-4-11-6-18-11/h10-11H,2-9H2,1H3. The molecule has 6 nitrogen and oxygen atoms in total. The van der Waals surface area contributed by atoms with Gasteiger partial charge in [-0.25, -0.2) is 0 Å². The van der Waals surface area contributed by atoms with Crippen LogP contribution in [0.25, 0.3) is 0 Å². The Labute approximate surface area is 107 Å². The van der Waals surface area contributed by atoms with Crippen LogP contribution in [0.2, 0.25) is 0 Å². The Morgan fingerprint density at radius 2 is 1.67 bits per heavy atom. The van der Waals surface area contributed by atoms with Gasteiger partial charge in [-0.2, -0.15) is 4.91 Å². The monoisotopic (exact) mass is 259 g/mol. The highest BCUT2D eigenvalue weighted by Gasteiger charge is 2.33. The van der Waals surface area contributed by atoms with Gasteiger partial charge in [0, 0.05) is 5.41 Å². The first-order valence-electron chi connectivity index (χ1n) is 6.46. The number of hydrogen-bond donors (Lipinski definition) is 0. The Morgan fingerprint density at radius 3 is 2.00 bits per heavy atom. The second kappa shape index (κ2) is 6.56. The molecule has 2 aliphatic heterocycles. The molecule has 6 heteroatoms. The van der Waals surface area contributed by atoms with Crippen molar-refractivity contribution in [2.45, 2.75) is 25.6 Å². The van der Waals surface area contributed by atoms with Crippen LogP contribution in [0, 0.1) is 10.3 Å². The van der Waals surface area contributed by atoms with Crippen molar-refractivity contribution < 1.29 is 18.9 Å². The molecule has 2 fully saturated rings. The lowest BCUT2D eigenvalue weighted by Crippen LogP contribution is -2.36. The quantitative estimate of drug-likeness (QED) is 0.408. The Kier molecular flexibility index (Phi) is 5.05. The topological polar surface area (TPSA) is 73.0 Å². The summed E-state index contributed by atoms with van der Waals surface area (Å²) >= 11 is 0. The third kappa shape index (κ3) is 4.61. The van der Waals surface area contributed by atoms with Crippen LogP contribution in [0.3, 0.4) is 0 Å². The van der Waals surface area contributed by atoms with Crippen LogP contribution in [0.1, 0.15) is 13.3 Å². The van der Waals surface area contributed by atoms with Crippen molar-refractivity contribution in [3.63, 3.8) is 0 Å². The lowest BCUT2D eigenvalue weighted by atomic mass is 9.87. The van der Waals surface area contributed by atoms with Gasteiger partial charge in [0.25, 0.3) is 0 Å². The molecule has 2 unspecified atom stereocenters. The van der Waals surface area contributed by atoms with Gasteiger partial charge in [0.1, 0.15) is 12.2 Å². The molecular weight excluding hydrogens is 238 g/mol. The number of hydrogen-bond acceptors (Lipinski definition) is 6. The summed E-state index contributed by atoms with van der Waals surface area (Å²) in [6.45, 7) is 5.96. The van der Waals surface area contributed by atoms with Crippen molar-refractivity contribution in [3.05, 3.63) is 4.91 Å². The highest BCUT2D eigenvalue weighted by molar-refractivity contribution is 4.81. The van der Waals surface area contributed by atoms with Crippen molar-refractivity contribution in [3.8, 4) is 0 Å². The predicted octanol–water partition coefficient (Wildman–Crippen LogP) is 0.980. The highest BCUT2D eigenvalue weighted by Crippen LogP contribution is 2.25. The summed E-state index contributed by atoms with van der Waals surface area (Å²) in [7, 11) is 0. The van der Waals surface area contributed by atoms with E-state index in [9.17, 15) is 4.91 Å². The van der Waals surface area contributed by atoms with Gasteiger partial charge in [-0.3, -0.25) is 0 Å². The molecule has 2 heterocycles. The van der Waals surface area contributed by atoms with E-state index in [1.54, 1.807) is 0 Å². The van der Waals surface area contributed by atoms with Crippen LogP contribution in [0.5, 0.6) is 0 Å². The van der Waals surface area contributed by atoms with Gasteiger partial charge >= 0.3 is 0 Å². The van der Waals surface area contributed by atoms with Crippen LogP contribution in [-0.4, -0.2) is 58.4 Å². The van der Waals surface area contributed by atoms with E-state index in [-0.39, 0.29) is 24.2 Å². The Morgan fingerprint density at radius 1 is 1.17 bits per heavy atom. The van der Waals surface area contributed by atoms with Gasteiger partial charge in [0.05, 0.1) is 46.2 Å². The molecule has 2 saturated heterocycles.